The molecule has 3 N–H and O–H groups in total. The monoisotopic (exact) mass is 425 g/mol. The van der Waals surface area contributed by atoms with Gasteiger partial charge in [-0.05, 0) is 56.2 Å². The van der Waals surface area contributed by atoms with E-state index in [4.69, 9.17) is 0 Å². The average Bonchev–Trinajstić information content (AvgIpc) is 3.24. The van der Waals surface area contributed by atoms with Crippen LogP contribution in [0.5, 0.6) is 0 Å². The second-order valence-electron chi connectivity index (χ2n) is 7.19. The molecule has 1 saturated heterocycles. The molecular formula is C21H23N5O5. The lowest BCUT2D eigenvalue weighted by Crippen LogP contribution is -2.43. The molecule has 0 aromatic heterocycles. The minimum absolute atomic E-state index is 0.0541. The minimum atomic E-state index is -0.633. The smallest absolute Gasteiger partial charge is 0.318 e. The van der Waals surface area contributed by atoms with Gasteiger partial charge in [0, 0.05) is 42.2 Å². The van der Waals surface area contributed by atoms with E-state index in [1.54, 1.807) is 31.2 Å². The number of nitro groups is 1. The summed E-state index contributed by atoms with van der Waals surface area (Å²) in [4.78, 5) is 49.1. The van der Waals surface area contributed by atoms with Gasteiger partial charge in [0.1, 0.15) is 6.04 Å². The van der Waals surface area contributed by atoms with Crippen molar-refractivity contribution in [3.05, 3.63) is 63.7 Å². The number of anilines is 2. The molecule has 2 aromatic rings. The topological polar surface area (TPSA) is 134 Å². The lowest BCUT2D eigenvalue weighted by molar-refractivity contribution is -0.385. The molecule has 0 bridgehead atoms. The van der Waals surface area contributed by atoms with E-state index in [-0.39, 0.29) is 23.5 Å². The lowest BCUT2D eigenvalue weighted by atomic mass is 10.1. The first-order valence-electron chi connectivity index (χ1n) is 9.76. The number of nitrogens with one attached hydrogen (secondary N) is 3. The Morgan fingerprint density at radius 1 is 1.06 bits per heavy atom. The summed E-state index contributed by atoms with van der Waals surface area (Å²) in [7, 11) is 1.51. The summed E-state index contributed by atoms with van der Waals surface area (Å²) in [5.74, 6) is -0.641. The fourth-order valence-electron chi connectivity index (χ4n) is 3.50. The SMILES string of the molecule is CNC(=O)Nc1ccc(NC(=O)C2CCCN2C(=O)c2ccc([N+](=O)[O-])c(C)c2)cc1. The maximum Gasteiger partial charge on any atom is 0.318 e. The zero-order valence-electron chi connectivity index (χ0n) is 17.2. The summed E-state index contributed by atoms with van der Waals surface area (Å²) in [5.41, 5.74) is 1.76. The van der Waals surface area contributed by atoms with Gasteiger partial charge in [-0.15, -0.1) is 0 Å². The molecule has 0 saturated carbocycles. The highest BCUT2D eigenvalue weighted by molar-refractivity contribution is 6.02. The first-order valence-corrected chi connectivity index (χ1v) is 9.76. The molecule has 1 atom stereocenters. The number of hydrogen-bond donors (Lipinski definition) is 3. The standard InChI is InChI=1S/C21H23N5O5/c1-13-12-14(5-10-17(13)26(30)31)20(28)25-11-3-4-18(25)19(27)23-15-6-8-16(9-7-15)24-21(29)22-2/h5-10,12,18H,3-4,11H2,1-2H3,(H,23,27)(H2,22,24,29). The number of rotatable bonds is 5. The van der Waals surface area contributed by atoms with Gasteiger partial charge in [-0.1, -0.05) is 0 Å². The molecule has 2 aromatic carbocycles. The van der Waals surface area contributed by atoms with Gasteiger partial charge in [0.05, 0.1) is 4.92 Å². The summed E-state index contributed by atoms with van der Waals surface area (Å²) in [6.07, 6.45) is 1.21. The van der Waals surface area contributed by atoms with Gasteiger partial charge >= 0.3 is 6.03 Å². The van der Waals surface area contributed by atoms with Crippen molar-refractivity contribution in [1.29, 1.82) is 0 Å². The van der Waals surface area contributed by atoms with E-state index < -0.39 is 11.0 Å². The van der Waals surface area contributed by atoms with E-state index in [9.17, 15) is 24.5 Å². The number of benzene rings is 2. The number of nitrogens with zero attached hydrogens (tertiary/aromatic N) is 2. The number of aryl methyl sites for hydroxylation is 1. The average molecular weight is 425 g/mol. The highest BCUT2D eigenvalue weighted by Crippen LogP contribution is 2.25. The summed E-state index contributed by atoms with van der Waals surface area (Å²) in [6, 6.07) is 9.84. The van der Waals surface area contributed by atoms with Crippen LogP contribution in [0.2, 0.25) is 0 Å². The van der Waals surface area contributed by atoms with Crippen molar-refractivity contribution in [3.8, 4) is 0 Å². The van der Waals surface area contributed by atoms with Gasteiger partial charge < -0.3 is 20.9 Å². The van der Waals surface area contributed by atoms with Crippen molar-refractivity contribution in [3.63, 3.8) is 0 Å². The van der Waals surface area contributed by atoms with Gasteiger partial charge in [-0.25, -0.2) is 4.79 Å². The molecule has 0 spiro atoms. The Hall–Kier alpha value is -3.95. The Morgan fingerprint density at radius 3 is 2.29 bits per heavy atom. The van der Waals surface area contributed by atoms with Crippen LogP contribution in [0.15, 0.2) is 42.5 Å². The maximum absolute atomic E-state index is 13.0. The van der Waals surface area contributed by atoms with Crippen molar-refractivity contribution < 1.29 is 19.3 Å². The molecule has 3 rings (SSSR count). The normalized spacial score (nSPS) is 15.3. The molecule has 31 heavy (non-hydrogen) atoms. The number of likely N-dealkylation sites (tertiary alicyclic amines) is 1. The first-order chi connectivity index (χ1) is 14.8. The van der Waals surface area contributed by atoms with Crippen molar-refractivity contribution in [2.45, 2.75) is 25.8 Å². The Kier molecular flexibility index (Phi) is 6.49. The molecule has 1 aliphatic rings. The Labute approximate surface area is 178 Å². The molecule has 0 radical (unpaired) electrons. The Bertz CT molecular complexity index is 1020. The van der Waals surface area contributed by atoms with E-state index in [0.29, 0.717) is 41.9 Å². The number of urea groups is 1. The predicted octanol–water partition coefficient (Wildman–Crippen LogP) is 2.90. The quantitative estimate of drug-likeness (QED) is 0.500. The molecule has 4 amide bonds. The van der Waals surface area contributed by atoms with E-state index in [0.717, 1.165) is 0 Å². The Balaban J connectivity index is 1.69. The second kappa shape index (κ2) is 9.24. The summed E-state index contributed by atoms with van der Waals surface area (Å²) in [6.45, 7) is 2.01. The van der Waals surface area contributed by atoms with Crippen molar-refractivity contribution in [2.24, 2.45) is 0 Å². The van der Waals surface area contributed by atoms with Crippen LogP contribution in [0.4, 0.5) is 21.9 Å². The number of carbonyl (C=O) groups excluding carboxylic acids is 3. The van der Waals surface area contributed by atoms with Gasteiger partial charge in [0.15, 0.2) is 0 Å². The van der Waals surface area contributed by atoms with Crippen molar-refractivity contribution >= 4 is 34.9 Å². The Morgan fingerprint density at radius 2 is 1.71 bits per heavy atom. The fraction of sp³-hybridized carbons (Fsp3) is 0.286. The van der Waals surface area contributed by atoms with Crippen LogP contribution in [0.25, 0.3) is 0 Å². The van der Waals surface area contributed by atoms with Crippen LogP contribution in [0, 0.1) is 17.0 Å². The van der Waals surface area contributed by atoms with Gasteiger partial charge in [-0.2, -0.15) is 0 Å². The molecule has 10 nitrogen and oxygen atoms in total. The van der Waals surface area contributed by atoms with E-state index >= 15 is 0 Å². The number of hydrogen-bond acceptors (Lipinski definition) is 5. The number of amides is 4. The zero-order chi connectivity index (χ0) is 22.5. The van der Waals surface area contributed by atoms with Crippen LogP contribution in [-0.4, -0.2) is 47.3 Å². The van der Waals surface area contributed by atoms with Crippen LogP contribution in [0.1, 0.15) is 28.8 Å². The summed E-state index contributed by atoms with van der Waals surface area (Å²) in [5, 5.41) is 18.9. The van der Waals surface area contributed by atoms with E-state index in [1.165, 1.54) is 30.1 Å². The van der Waals surface area contributed by atoms with Gasteiger partial charge in [-0.3, -0.25) is 19.7 Å². The fourth-order valence-corrected chi connectivity index (χ4v) is 3.50. The highest BCUT2D eigenvalue weighted by atomic mass is 16.6. The maximum atomic E-state index is 13.0. The molecule has 1 fully saturated rings. The van der Waals surface area contributed by atoms with Crippen LogP contribution in [-0.2, 0) is 4.79 Å². The third-order valence-corrected chi connectivity index (χ3v) is 5.09. The van der Waals surface area contributed by atoms with Crippen LogP contribution in [0.3, 0.4) is 0 Å². The van der Waals surface area contributed by atoms with Gasteiger partial charge in [0.2, 0.25) is 5.91 Å². The summed E-state index contributed by atoms with van der Waals surface area (Å²) < 4.78 is 0. The van der Waals surface area contributed by atoms with Gasteiger partial charge in [0.25, 0.3) is 11.6 Å². The molecular weight excluding hydrogens is 402 g/mol. The van der Waals surface area contributed by atoms with Crippen LogP contribution >= 0.6 is 0 Å². The van der Waals surface area contributed by atoms with Crippen molar-refractivity contribution in [2.75, 3.05) is 24.2 Å². The van der Waals surface area contributed by atoms with Crippen LogP contribution < -0.4 is 16.0 Å². The minimum Gasteiger partial charge on any atom is -0.341 e. The van der Waals surface area contributed by atoms with E-state index in [2.05, 4.69) is 16.0 Å². The largest absolute Gasteiger partial charge is 0.341 e. The molecule has 1 heterocycles. The summed E-state index contributed by atoms with van der Waals surface area (Å²) >= 11 is 0. The third-order valence-electron chi connectivity index (χ3n) is 5.09. The number of carbonyl (C=O) groups is 3. The molecule has 1 aliphatic heterocycles. The zero-order valence-corrected chi connectivity index (χ0v) is 17.2. The van der Waals surface area contributed by atoms with Crippen molar-refractivity contribution in [1.82, 2.24) is 10.2 Å². The molecule has 1 unspecified atom stereocenters. The molecule has 10 heteroatoms. The highest BCUT2D eigenvalue weighted by Gasteiger charge is 2.35. The predicted molar refractivity (Wildman–Crippen MR) is 115 cm³/mol. The first kappa shape index (κ1) is 21.8. The third kappa shape index (κ3) is 4.97. The second-order valence-corrected chi connectivity index (χ2v) is 7.19. The molecule has 0 aliphatic carbocycles. The molecule has 162 valence electrons. The number of nitro benzene ring substituents is 1. The van der Waals surface area contributed by atoms with E-state index in [1.807, 2.05) is 0 Å². The lowest BCUT2D eigenvalue weighted by Gasteiger charge is -2.24.